The molecule has 45 heavy (non-hydrogen) atoms. The van der Waals surface area contributed by atoms with Crippen LogP contribution in [0, 0.1) is 24.2 Å². The minimum Gasteiger partial charge on any atom is -0.355 e. The second-order valence-electron chi connectivity index (χ2n) is 10.3. The number of amides is 1. The van der Waals surface area contributed by atoms with E-state index in [1.165, 1.54) is 59.3 Å². The number of pyridine rings is 1. The van der Waals surface area contributed by atoms with Crippen molar-refractivity contribution in [2.75, 3.05) is 13.6 Å². The first-order valence-corrected chi connectivity index (χ1v) is 14.3. The van der Waals surface area contributed by atoms with Crippen molar-refractivity contribution in [1.29, 1.82) is 5.26 Å². The maximum atomic E-state index is 14.1. The number of hydrogen-bond acceptors (Lipinski definition) is 7. The lowest BCUT2D eigenvalue weighted by atomic mass is 9.93. The third-order valence-corrected chi connectivity index (χ3v) is 7.80. The summed E-state index contributed by atoms with van der Waals surface area (Å²) in [6.07, 6.45) is -3.34. The highest BCUT2D eigenvalue weighted by atomic mass is 35.5. The zero-order valence-electron chi connectivity index (χ0n) is 23.9. The van der Waals surface area contributed by atoms with Gasteiger partial charge < -0.3 is 5.32 Å². The topological polar surface area (TPSA) is 116 Å². The van der Waals surface area contributed by atoms with Crippen molar-refractivity contribution in [1.82, 2.24) is 25.1 Å². The number of carbonyl (C=O) groups is 2. The second-order valence-corrected chi connectivity index (χ2v) is 11.1. The van der Waals surface area contributed by atoms with E-state index in [1.54, 1.807) is 25.1 Å². The molecule has 0 fully saturated rings. The summed E-state index contributed by atoms with van der Waals surface area (Å²) in [5.74, 6) is -2.65. The number of rotatable bonds is 8. The fourth-order valence-corrected chi connectivity index (χ4v) is 5.42. The van der Waals surface area contributed by atoms with Crippen molar-refractivity contribution < 1.29 is 22.8 Å². The number of Topliss-reactive ketones (excluding diaryl/α,β-unsaturated/α-hetero) is 1. The molecule has 14 heteroatoms. The van der Waals surface area contributed by atoms with Crippen molar-refractivity contribution in [2.24, 2.45) is 11.0 Å². The Balaban J connectivity index is 1.53. The standard InChI is InChI=1S/C31H24Cl2F3N7O2/c1-17-10-18(14-37)11-23(30(45)38-2)22(17)13-27(44)26-12-21(40-43(26)29-25(33)4-3-9-39-29)15-42-16-24(31(34,35)36)28(41-42)19-5-7-20(32)8-6-19/h3-12,24H,13,15-16H2,1-2H3,(H,38,45). The fraction of sp³-hybridized carbons (Fsp3) is 0.226. The number of aryl methyl sites for hydroxylation is 1. The molecule has 4 aromatic rings. The average molecular weight is 654 g/mol. The van der Waals surface area contributed by atoms with Crippen LogP contribution < -0.4 is 5.32 Å². The molecule has 2 aromatic carbocycles. The first-order valence-electron chi connectivity index (χ1n) is 13.5. The third kappa shape index (κ3) is 6.69. The Kier molecular flexibility index (Phi) is 8.95. The molecule has 0 aliphatic carbocycles. The molecule has 1 amide bonds. The minimum absolute atomic E-state index is 0.0469. The lowest BCUT2D eigenvalue weighted by Crippen LogP contribution is -2.33. The Morgan fingerprint density at radius 2 is 1.87 bits per heavy atom. The Morgan fingerprint density at radius 3 is 2.51 bits per heavy atom. The predicted octanol–water partition coefficient (Wildman–Crippen LogP) is 5.94. The van der Waals surface area contributed by atoms with Crippen LogP contribution in [0.3, 0.4) is 0 Å². The molecule has 0 spiro atoms. The van der Waals surface area contributed by atoms with E-state index >= 15 is 0 Å². The van der Waals surface area contributed by atoms with Gasteiger partial charge in [0.05, 0.1) is 41.2 Å². The Hall–Kier alpha value is -4.73. The number of hydrazone groups is 1. The zero-order chi connectivity index (χ0) is 32.5. The molecule has 0 saturated heterocycles. The van der Waals surface area contributed by atoms with Crippen LogP contribution in [0.4, 0.5) is 13.2 Å². The number of alkyl halides is 3. The van der Waals surface area contributed by atoms with E-state index in [4.69, 9.17) is 23.2 Å². The van der Waals surface area contributed by atoms with Gasteiger partial charge in [-0.1, -0.05) is 35.3 Å². The van der Waals surface area contributed by atoms with Gasteiger partial charge >= 0.3 is 6.18 Å². The molecule has 0 bridgehead atoms. The van der Waals surface area contributed by atoms with Crippen LogP contribution >= 0.6 is 23.2 Å². The molecule has 3 heterocycles. The van der Waals surface area contributed by atoms with Gasteiger partial charge in [-0.05, 0) is 66.1 Å². The highest BCUT2D eigenvalue weighted by molar-refractivity contribution is 6.32. The lowest BCUT2D eigenvalue weighted by Gasteiger charge is -2.18. The summed E-state index contributed by atoms with van der Waals surface area (Å²) in [5, 5.41) is 22.5. The highest BCUT2D eigenvalue weighted by Gasteiger charge is 2.47. The predicted molar refractivity (Wildman–Crippen MR) is 162 cm³/mol. The van der Waals surface area contributed by atoms with Crippen molar-refractivity contribution >= 4 is 40.6 Å². The van der Waals surface area contributed by atoms with E-state index in [0.717, 1.165) is 0 Å². The van der Waals surface area contributed by atoms with E-state index < -0.39 is 30.3 Å². The normalized spacial score (nSPS) is 14.7. The van der Waals surface area contributed by atoms with E-state index in [1.807, 2.05) is 6.07 Å². The third-order valence-electron chi connectivity index (χ3n) is 7.25. The number of hydrogen-bond donors (Lipinski definition) is 1. The summed E-state index contributed by atoms with van der Waals surface area (Å²) in [6.45, 7) is 1.08. The molecule has 1 aliphatic rings. The van der Waals surface area contributed by atoms with Crippen LogP contribution in [0.15, 0.2) is 65.9 Å². The van der Waals surface area contributed by atoms with Gasteiger partial charge in [-0.2, -0.15) is 28.6 Å². The summed E-state index contributed by atoms with van der Waals surface area (Å²) >= 11 is 12.3. The van der Waals surface area contributed by atoms with Gasteiger partial charge in [-0.15, -0.1) is 0 Å². The van der Waals surface area contributed by atoms with Gasteiger partial charge in [0, 0.05) is 30.3 Å². The molecule has 230 valence electrons. The van der Waals surface area contributed by atoms with Crippen molar-refractivity contribution in [3.05, 3.63) is 110 Å². The maximum Gasteiger partial charge on any atom is 0.399 e. The molecule has 2 aromatic heterocycles. The van der Waals surface area contributed by atoms with Crippen molar-refractivity contribution in [2.45, 2.75) is 26.1 Å². The molecular formula is C31H24Cl2F3N7O2. The highest BCUT2D eigenvalue weighted by Crippen LogP contribution is 2.35. The average Bonchev–Trinajstić information content (AvgIpc) is 3.63. The maximum absolute atomic E-state index is 14.1. The smallest absolute Gasteiger partial charge is 0.355 e. The SMILES string of the molecule is CNC(=O)c1cc(C#N)cc(C)c1CC(=O)c1cc(CN2CC(C(F)(F)F)C(c3ccc(Cl)cc3)=N2)nn1-c1ncccc1Cl. The molecule has 5 rings (SSSR count). The van der Waals surface area contributed by atoms with E-state index in [9.17, 15) is 28.0 Å². The quantitative estimate of drug-likeness (QED) is 0.235. The number of nitrogens with zero attached hydrogens (tertiary/aromatic N) is 6. The Morgan fingerprint density at radius 1 is 1.13 bits per heavy atom. The molecule has 1 unspecified atom stereocenters. The van der Waals surface area contributed by atoms with Crippen LogP contribution in [0.25, 0.3) is 5.82 Å². The molecular weight excluding hydrogens is 630 g/mol. The van der Waals surface area contributed by atoms with Crippen molar-refractivity contribution in [3.8, 4) is 11.9 Å². The van der Waals surface area contributed by atoms with Crippen LogP contribution in [0.1, 0.15) is 48.8 Å². The number of aromatic nitrogens is 3. The van der Waals surface area contributed by atoms with Crippen molar-refractivity contribution in [3.63, 3.8) is 0 Å². The van der Waals surface area contributed by atoms with Gasteiger partial charge in [0.2, 0.25) is 0 Å². The molecule has 0 radical (unpaired) electrons. The molecule has 1 atom stereocenters. The molecule has 0 saturated carbocycles. The first kappa shape index (κ1) is 31.7. The van der Waals surface area contributed by atoms with Crippen LogP contribution in [-0.4, -0.2) is 56.9 Å². The second kappa shape index (κ2) is 12.7. The number of halogens is 5. The molecule has 9 nitrogen and oxygen atoms in total. The number of nitriles is 1. The summed E-state index contributed by atoms with van der Waals surface area (Å²) in [7, 11) is 1.44. The first-order chi connectivity index (χ1) is 21.4. The van der Waals surface area contributed by atoms with E-state index in [-0.39, 0.29) is 57.6 Å². The van der Waals surface area contributed by atoms with Gasteiger partial charge in [0.1, 0.15) is 11.6 Å². The lowest BCUT2D eigenvalue weighted by molar-refractivity contribution is -0.156. The van der Waals surface area contributed by atoms with E-state index in [2.05, 4.69) is 20.5 Å². The summed E-state index contributed by atoms with van der Waals surface area (Å²) in [6, 6.07) is 15.6. The fourth-order valence-electron chi connectivity index (χ4n) is 5.09. The van der Waals surface area contributed by atoms with Crippen LogP contribution in [-0.2, 0) is 13.0 Å². The van der Waals surface area contributed by atoms with Crippen LogP contribution in [0.5, 0.6) is 0 Å². The Bertz CT molecular complexity index is 1860. The monoisotopic (exact) mass is 653 g/mol. The van der Waals surface area contributed by atoms with Gasteiger partial charge in [-0.3, -0.25) is 14.6 Å². The molecule has 1 N–H and O–H groups in total. The number of ketones is 1. The molecule has 1 aliphatic heterocycles. The van der Waals surface area contributed by atoms with Gasteiger partial charge in [0.25, 0.3) is 5.91 Å². The largest absolute Gasteiger partial charge is 0.399 e. The number of nitrogens with one attached hydrogen (secondary N) is 1. The van der Waals surface area contributed by atoms with Gasteiger partial charge in [-0.25, -0.2) is 9.67 Å². The van der Waals surface area contributed by atoms with E-state index in [0.29, 0.717) is 16.1 Å². The summed E-state index contributed by atoms with van der Waals surface area (Å²) < 4.78 is 43.4. The minimum atomic E-state index is -4.56. The van der Waals surface area contributed by atoms with Gasteiger partial charge in [0.15, 0.2) is 11.6 Å². The number of carbonyl (C=O) groups excluding carboxylic acids is 2. The summed E-state index contributed by atoms with van der Waals surface area (Å²) in [4.78, 5) is 30.8. The zero-order valence-corrected chi connectivity index (χ0v) is 25.4. The number of benzene rings is 2. The van der Waals surface area contributed by atoms with Crippen LogP contribution in [0.2, 0.25) is 10.0 Å². The Labute approximate surface area is 265 Å². The summed E-state index contributed by atoms with van der Waals surface area (Å²) in [5.41, 5.74) is 1.82.